The molecule has 3 atom stereocenters. The van der Waals surface area contributed by atoms with Crippen LogP contribution in [0.15, 0.2) is 43.0 Å². The number of aryl methyl sites for hydroxylation is 1. The van der Waals surface area contributed by atoms with Crippen LogP contribution in [0.1, 0.15) is 18.0 Å². The Hall–Kier alpha value is -2.25. The lowest BCUT2D eigenvalue weighted by molar-refractivity contribution is -0.136. The van der Waals surface area contributed by atoms with Crippen molar-refractivity contribution in [2.24, 2.45) is 11.8 Å². The summed E-state index contributed by atoms with van der Waals surface area (Å²) in [6, 6.07) is 6.61. The average Bonchev–Trinajstić information content (AvgIpc) is 3.38. The molecule has 1 aromatic heterocycles. The quantitative estimate of drug-likeness (QED) is 0.732. The molecular formula is C21H27FN4O2. The third-order valence-corrected chi connectivity index (χ3v) is 5.97. The number of rotatable bonds is 7. The minimum Gasteiger partial charge on any atom is -0.375 e. The molecule has 1 aromatic carbocycles. The molecule has 0 N–H and O–H groups in total. The summed E-state index contributed by atoms with van der Waals surface area (Å²) in [5.41, 5.74) is 0.886. The van der Waals surface area contributed by atoms with Crippen molar-refractivity contribution in [1.82, 2.24) is 19.4 Å². The van der Waals surface area contributed by atoms with Gasteiger partial charge in [0, 0.05) is 51.6 Å². The van der Waals surface area contributed by atoms with Crippen molar-refractivity contribution in [3.63, 3.8) is 0 Å². The second-order valence-corrected chi connectivity index (χ2v) is 7.82. The molecule has 3 heterocycles. The highest BCUT2D eigenvalue weighted by Gasteiger charge is 2.48. The molecular weight excluding hydrogens is 359 g/mol. The number of carbonyl (C=O) groups is 1. The topological polar surface area (TPSA) is 50.6 Å². The number of aromatic nitrogens is 2. The molecule has 2 aliphatic rings. The minimum absolute atomic E-state index is 0.0159. The van der Waals surface area contributed by atoms with Crippen LogP contribution in [0.3, 0.4) is 0 Å². The number of nitrogens with zero attached hydrogens (tertiary/aromatic N) is 4. The number of amides is 1. The first-order chi connectivity index (χ1) is 13.7. The fourth-order valence-corrected chi connectivity index (χ4v) is 4.80. The fourth-order valence-electron chi connectivity index (χ4n) is 4.80. The van der Waals surface area contributed by atoms with Crippen LogP contribution in [-0.2, 0) is 16.1 Å². The maximum Gasteiger partial charge on any atom is 0.249 e. The van der Waals surface area contributed by atoms with Gasteiger partial charge in [-0.3, -0.25) is 4.79 Å². The highest BCUT2D eigenvalue weighted by molar-refractivity contribution is 5.78. The van der Waals surface area contributed by atoms with Crippen molar-refractivity contribution < 1.29 is 13.9 Å². The molecule has 28 heavy (non-hydrogen) atoms. The van der Waals surface area contributed by atoms with Crippen LogP contribution >= 0.6 is 0 Å². The van der Waals surface area contributed by atoms with E-state index in [1.165, 1.54) is 13.2 Å². The molecule has 2 fully saturated rings. The number of imidazole rings is 1. The first-order valence-corrected chi connectivity index (χ1v) is 9.87. The second-order valence-electron chi connectivity index (χ2n) is 7.82. The number of halogens is 1. The molecule has 2 aliphatic heterocycles. The van der Waals surface area contributed by atoms with E-state index in [9.17, 15) is 9.18 Å². The van der Waals surface area contributed by atoms with Gasteiger partial charge in [-0.15, -0.1) is 0 Å². The first-order valence-electron chi connectivity index (χ1n) is 9.87. The zero-order valence-electron chi connectivity index (χ0n) is 16.2. The first kappa shape index (κ1) is 19.1. The molecule has 4 rings (SSSR count). The fraction of sp³-hybridized carbons (Fsp3) is 0.524. The molecule has 0 aliphatic carbocycles. The Bertz CT molecular complexity index is 797. The van der Waals surface area contributed by atoms with E-state index in [0.29, 0.717) is 18.4 Å². The second kappa shape index (κ2) is 8.41. The van der Waals surface area contributed by atoms with Crippen molar-refractivity contribution in [3.8, 4) is 0 Å². The lowest BCUT2D eigenvalue weighted by Crippen LogP contribution is -2.37. The number of benzene rings is 1. The minimum atomic E-state index is -0.254. The third kappa shape index (κ3) is 3.95. The van der Waals surface area contributed by atoms with Crippen molar-refractivity contribution in [1.29, 1.82) is 0 Å². The van der Waals surface area contributed by atoms with E-state index in [4.69, 9.17) is 4.74 Å². The van der Waals surface area contributed by atoms with Gasteiger partial charge in [0.1, 0.15) is 12.4 Å². The van der Waals surface area contributed by atoms with Gasteiger partial charge in [-0.2, -0.15) is 0 Å². The van der Waals surface area contributed by atoms with Crippen LogP contribution < -0.4 is 0 Å². The van der Waals surface area contributed by atoms with Gasteiger partial charge < -0.3 is 19.1 Å². The van der Waals surface area contributed by atoms with E-state index < -0.39 is 0 Å². The third-order valence-electron chi connectivity index (χ3n) is 5.97. The maximum atomic E-state index is 13.9. The number of fused-ring (bicyclic) bond motifs is 1. The SMILES string of the molecule is COCC(=O)N1C[C@H]2CN(CCCn3ccnc3)C[C@H]2[C@@H]1c1cccc(F)c1. The summed E-state index contributed by atoms with van der Waals surface area (Å²) >= 11 is 0. The van der Waals surface area contributed by atoms with Crippen LogP contribution in [0.4, 0.5) is 4.39 Å². The normalized spacial score (nSPS) is 24.6. The van der Waals surface area contributed by atoms with Gasteiger partial charge in [-0.1, -0.05) is 12.1 Å². The predicted octanol–water partition coefficient (Wildman–Crippen LogP) is 2.19. The molecule has 0 spiro atoms. The Labute approximate surface area is 164 Å². The van der Waals surface area contributed by atoms with E-state index in [-0.39, 0.29) is 24.4 Å². The smallest absolute Gasteiger partial charge is 0.249 e. The van der Waals surface area contributed by atoms with Gasteiger partial charge in [0.05, 0.1) is 12.4 Å². The van der Waals surface area contributed by atoms with Crippen LogP contribution in [-0.4, -0.2) is 65.2 Å². The summed E-state index contributed by atoms with van der Waals surface area (Å²) in [6.07, 6.45) is 6.69. The molecule has 2 saturated heterocycles. The Morgan fingerprint density at radius 3 is 2.93 bits per heavy atom. The predicted molar refractivity (Wildman–Crippen MR) is 103 cm³/mol. The van der Waals surface area contributed by atoms with Gasteiger partial charge in [0.25, 0.3) is 0 Å². The Kier molecular flexibility index (Phi) is 5.73. The number of likely N-dealkylation sites (tertiary alicyclic amines) is 2. The van der Waals surface area contributed by atoms with Crippen LogP contribution in [0.2, 0.25) is 0 Å². The number of carbonyl (C=O) groups excluding carboxylic acids is 1. The summed E-state index contributed by atoms with van der Waals surface area (Å²) < 4.78 is 21.0. The maximum absolute atomic E-state index is 13.9. The van der Waals surface area contributed by atoms with Gasteiger partial charge in [0.15, 0.2) is 0 Å². The summed E-state index contributed by atoms with van der Waals surface area (Å²) in [5, 5.41) is 0. The molecule has 0 bridgehead atoms. The largest absolute Gasteiger partial charge is 0.375 e. The van der Waals surface area contributed by atoms with E-state index in [0.717, 1.165) is 38.2 Å². The zero-order valence-corrected chi connectivity index (χ0v) is 16.2. The number of hydrogen-bond acceptors (Lipinski definition) is 4. The Morgan fingerprint density at radius 1 is 1.29 bits per heavy atom. The molecule has 150 valence electrons. The standard InChI is InChI=1S/C21H27FN4O2/c1-28-14-20(27)26-12-17-11-25(8-3-7-24-9-6-23-15-24)13-19(17)21(26)16-4-2-5-18(22)10-16/h2,4-6,9-10,15,17,19,21H,3,7-8,11-14H2,1H3/t17-,19-,21+/m1/s1. The lowest BCUT2D eigenvalue weighted by atomic mass is 9.89. The van der Waals surface area contributed by atoms with Gasteiger partial charge in [0.2, 0.25) is 5.91 Å². The van der Waals surface area contributed by atoms with Crippen LogP contribution in [0.5, 0.6) is 0 Å². The van der Waals surface area contributed by atoms with Gasteiger partial charge in [-0.25, -0.2) is 9.37 Å². The summed E-state index contributed by atoms with van der Waals surface area (Å²) in [6.45, 7) is 4.68. The van der Waals surface area contributed by atoms with Crippen molar-refractivity contribution >= 4 is 5.91 Å². The molecule has 0 saturated carbocycles. The van der Waals surface area contributed by atoms with Crippen molar-refractivity contribution in [2.45, 2.75) is 19.0 Å². The Morgan fingerprint density at radius 2 is 2.18 bits per heavy atom. The highest BCUT2D eigenvalue weighted by Crippen LogP contribution is 2.45. The van der Waals surface area contributed by atoms with E-state index >= 15 is 0 Å². The lowest BCUT2D eigenvalue weighted by Gasteiger charge is -2.30. The Balaban J connectivity index is 1.45. The molecule has 6 nitrogen and oxygen atoms in total. The van der Waals surface area contributed by atoms with E-state index in [1.54, 1.807) is 18.3 Å². The summed E-state index contributed by atoms with van der Waals surface area (Å²) in [4.78, 5) is 21.1. The average molecular weight is 386 g/mol. The number of methoxy groups -OCH3 is 1. The molecule has 1 amide bonds. The monoisotopic (exact) mass is 386 g/mol. The number of hydrogen-bond donors (Lipinski definition) is 0. The summed E-state index contributed by atoms with van der Waals surface area (Å²) in [5.74, 6) is 0.478. The van der Waals surface area contributed by atoms with Crippen molar-refractivity contribution in [3.05, 3.63) is 54.4 Å². The van der Waals surface area contributed by atoms with E-state index in [2.05, 4.69) is 14.5 Å². The molecule has 0 radical (unpaired) electrons. The van der Waals surface area contributed by atoms with E-state index in [1.807, 2.05) is 23.5 Å². The molecule has 7 heteroatoms. The van der Waals surface area contributed by atoms with Crippen molar-refractivity contribution in [2.75, 3.05) is 39.9 Å². The number of ether oxygens (including phenoxy) is 1. The van der Waals surface area contributed by atoms with Gasteiger partial charge >= 0.3 is 0 Å². The van der Waals surface area contributed by atoms with Crippen LogP contribution in [0, 0.1) is 17.7 Å². The van der Waals surface area contributed by atoms with Crippen LogP contribution in [0.25, 0.3) is 0 Å². The molecule has 0 unspecified atom stereocenters. The molecule has 2 aromatic rings. The summed E-state index contributed by atoms with van der Waals surface area (Å²) in [7, 11) is 1.54. The van der Waals surface area contributed by atoms with Gasteiger partial charge in [-0.05, 0) is 36.6 Å². The highest BCUT2D eigenvalue weighted by atomic mass is 19.1. The zero-order chi connectivity index (χ0) is 19.5.